The lowest BCUT2D eigenvalue weighted by atomic mass is 9.84. The maximum atomic E-state index is 12.7. The molecule has 0 bridgehead atoms. The number of carbonyl (C=O) groups is 2. The van der Waals surface area contributed by atoms with Gasteiger partial charge < -0.3 is 16.0 Å². The second-order valence-corrected chi connectivity index (χ2v) is 6.89. The second-order valence-electron chi connectivity index (χ2n) is 6.89. The summed E-state index contributed by atoms with van der Waals surface area (Å²) < 4.78 is 0. The van der Waals surface area contributed by atoms with Crippen molar-refractivity contribution in [3.05, 3.63) is 0 Å². The maximum Gasteiger partial charge on any atom is 0.225 e. The van der Waals surface area contributed by atoms with E-state index in [0.29, 0.717) is 6.54 Å². The van der Waals surface area contributed by atoms with Crippen LogP contribution in [0.3, 0.4) is 0 Å². The monoisotopic (exact) mass is 309 g/mol. The van der Waals surface area contributed by atoms with Gasteiger partial charge in [-0.05, 0) is 38.5 Å². The molecule has 126 valence electrons. The molecular formula is C17H31N3O2. The van der Waals surface area contributed by atoms with Gasteiger partial charge in [-0.1, -0.05) is 19.8 Å². The van der Waals surface area contributed by atoms with Crippen LogP contribution in [0.15, 0.2) is 0 Å². The van der Waals surface area contributed by atoms with Crippen molar-refractivity contribution in [1.82, 2.24) is 10.2 Å². The zero-order valence-electron chi connectivity index (χ0n) is 13.9. The van der Waals surface area contributed by atoms with Crippen molar-refractivity contribution >= 4 is 11.8 Å². The van der Waals surface area contributed by atoms with Gasteiger partial charge in [0.1, 0.15) is 0 Å². The van der Waals surface area contributed by atoms with Gasteiger partial charge in [-0.25, -0.2) is 0 Å². The molecule has 0 radical (unpaired) electrons. The highest BCUT2D eigenvalue weighted by Gasteiger charge is 2.33. The molecule has 0 aromatic rings. The zero-order chi connectivity index (χ0) is 15.9. The minimum absolute atomic E-state index is 0.0354. The van der Waals surface area contributed by atoms with Crippen molar-refractivity contribution in [2.45, 2.75) is 64.3 Å². The van der Waals surface area contributed by atoms with Crippen molar-refractivity contribution in [2.75, 3.05) is 19.6 Å². The number of hydrogen-bond donors (Lipinski definition) is 2. The number of amides is 2. The average Bonchev–Trinajstić information content (AvgIpc) is 2.54. The fourth-order valence-electron chi connectivity index (χ4n) is 3.63. The number of nitrogens with two attached hydrogens (primary N) is 1. The van der Waals surface area contributed by atoms with Crippen LogP contribution < -0.4 is 11.1 Å². The van der Waals surface area contributed by atoms with E-state index in [4.69, 9.17) is 5.73 Å². The Hall–Kier alpha value is -1.10. The summed E-state index contributed by atoms with van der Waals surface area (Å²) in [7, 11) is 0. The van der Waals surface area contributed by atoms with Crippen molar-refractivity contribution in [3.63, 3.8) is 0 Å². The highest BCUT2D eigenvalue weighted by atomic mass is 16.2. The summed E-state index contributed by atoms with van der Waals surface area (Å²) in [5.74, 6) is 0.380. The number of hydrogen-bond acceptors (Lipinski definition) is 3. The first kappa shape index (κ1) is 17.3. The molecule has 2 aliphatic rings. The van der Waals surface area contributed by atoms with E-state index >= 15 is 0 Å². The Kier molecular flexibility index (Phi) is 6.68. The fourth-order valence-corrected chi connectivity index (χ4v) is 3.63. The molecule has 2 fully saturated rings. The lowest BCUT2D eigenvalue weighted by Crippen LogP contribution is -2.48. The molecule has 1 aliphatic carbocycles. The number of carbonyl (C=O) groups excluding carboxylic acids is 2. The van der Waals surface area contributed by atoms with E-state index in [0.717, 1.165) is 64.5 Å². The number of piperidine rings is 1. The summed E-state index contributed by atoms with van der Waals surface area (Å²) in [6, 6.07) is 0.167. The first-order chi connectivity index (χ1) is 10.6. The van der Waals surface area contributed by atoms with Crippen molar-refractivity contribution < 1.29 is 9.59 Å². The molecule has 0 aromatic carbocycles. The molecule has 3 N–H and O–H groups in total. The zero-order valence-corrected chi connectivity index (χ0v) is 13.9. The molecule has 1 heterocycles. The van der Waals surface area contributed by atoms with E-state index in [1.54, 1.807) is 0 Å². The van der Waals surface area contributed by atoms with Crippen LogP contribution in [0.25, 0.3) is 0 Å². The molecule has 3 atom stereocenters. The maximum absolute atomic E-state index is 12.7. The van der Waals surface area contributed by atoms with Gasteiger partial charge in [0.25, 0.3) is 0 Å². The predicted molar refractivity (Wildman–Crippen MR) is 87.2 cm³/mol. The van der Waals surface area contributed by atoms with E-state index in [-0.39, 0.29) is 29.7 Å². The summed E-state index contributed by atoms with van der Waals surface area (Å²) in [6.07, 6.45) is 7.76. The van der Waals surface area contributed by atoms with E-state index in [1.165, 1.54) is 0 Å². The molecule has 0 aromatic heterocycles. The van der Waals surface area contributed by atoms with Gasteiger partial charge in [-0.3, -0.25) is 9.59 Å². The molecule has 22 heavy (non-hydrogen) atoms. The Balaban J connectivity index is 1.84. The van der Waals surface area contributed by atoms with Crippen LogP contribution in [0, 0.1) is 11.8 Å². The Bertz CT molecular complexity index is 386. The third kappa shape index (κ3) is 4.70. The van der Waals surface area contributed by atoms with Crippen LogP contribution in [0.1, 0.15) is 58.3 Å². The lowest BCUT2D eigenvalue weighted by Gasteiger charge is -2.36. The van der Waals surface area contributed by atoms with E-state index in [2.05, 4.69) is 12.2 Å². The SMILES string of the molecule is CCCCNC(=O)C1CCCN(C(=O)C2CCCC(N)C2)C1. The number of likely N-dealkylation sites (tertiary alicyclic amines) is 1. The smallest absolute Gasteiger partial charge is 0.225 e. The summed E-state index contributed by atoms with van der Waals surface area (Å²) in [5.41, 5.74) is 6.00. The third-order valence-corrected chi connectivity index (χ3v) is 5.00. The molecule has 2 rings (SSSR count). The number of rotatable bonds is 5. The molecular weight excluding hydrogens is 278 g/mol. The molecule has 5 heteroatoms. The van der Waals surface area contributed by atoms with Gasteiger partial charge in [0, 0.05) is 31.6 Å². The van der Waals surface area contributed by atoms with Crippen LogP contribution in [0.4, 0.5) is 0 Å². The summed E-state index contributed by atoms with van der Waals surface area (Å²) in [4.78, 5) is 26.8. The van der Waals surface area contributed by atoms with Gasteiger partial charge >= 0.3 is 0 Å². The van der Waals surface area contributed by atoms with Crippen LogP contribution >= 0.6 is 0 Å². The topological polar surface area (TPSA) is 75.4 Å². The van der Waals surface area contributed by atoms with Gasteiger partial charge in [0.2, 0.25) is 11.8 Å². The van der Waals surface area contributed by atoms with Crippen LogP contribution in [0.5, 0.6) is 0 Å². The summed E-state index contributed by atoms with van der Waals surface area (Å²) >= 11 is 0. The first-order valence-electron chi connectivity index (χ1n) is 8.94. The van der Waals surface area contributed by atoms with Gasteiger partial charge in [-0.15, -0.1) is 0 Å². The summed E-state index contributed by atoms with van der Waals surface area (Å²) in [6.45, 7) is 4.24. The number of unbranched alkanes of at least 4 members (excludes halogenated alkanes) is 1. The molecule has 5 nitrogen and oxygen atoms in total. The van der Waals surface area contributed by atoms with E-state index in [9.17, 15) is 9.59 Å². The van der Waals surface area contributed by atoms with Crippen LogP contribution in [-0.2, 0) is 9.59 Å². The molecule has 3 unspecified atom stereocenters. The second kappa shape index (κ2) is 8.51. The normalized spacial score (nSPS) is 29.2. The molecule has 1 aliphatic heterocycles. The Morgan fingerprint density at radius 3 is 2.68 bits per heavy atom. The standard InChI is InChI=1S/C17H31N3O2/c1-2-3-9-19-16(21)14-7-5-10-20(12-14)17(22)13-6-4-8-15(18)11-13/h13-15H,2-12,18H2,1H3,(H,19,21). The molecule has 2 amide bonds. The Morgan fingerprint density at radius 2 is 1.95 bits per heavy atom. The van der Waals surface area contributed by atoms with E-state index in [1.807, 2.05) is 4.90 Å². The minimum Gasteiger partial charge on any atom is -0.356 e. The average molecular weight is 309 g/mol. The number of nitrogens with one attached hydrogen (secondary N) is 1. The van der Waals surface area contributed by atoms with Crippen LogP contribution in [-0.4, -0.2) is 42.4 Å². The van der Waals surface area contributed by atoms with Crippen molar-refractivity contribution in [2.24, 2.45) is 17.6 Å². The minimum atomic E-state index is -0.0354. The van der Waals surface area contributed by atoms with Gasteiger partial charge in [-0.2, -0.15) is 0 Å². The van der Waals surface area contributed by atoms with Gasteiger partial charge in [0.15, 0.2) is 0 Å². The highest BCUT2D eigenvalue weighted by Crippen LogP contribution is 2.27. The molecule has 0 spiro atoms. The molecule has 1 saturated heterocycles. The summed E-state index contributed by atoms with van der Waals surface area (Å²) in [5, 5.41) is 3.00. The third-order valence-electron chi connectivity index (χ3n) is 5.00. The molecule has 1 saturated carbocycles. The highest BCUT2D eigenvalue weighted by molar-refractivity contribution is 5.82. The number of nitrogens with zero attached hydrogens (tertiary/aromatic N) is 1. The first-order valence-corrected chi connectivity index (χ1v) is 8.94. The van der Waals surface area contributed by atoms with Crippen molar-refractivity contribution in [3.8, 4) is 0 Å². The van der Waals surface area contributed by atoms with Gasteiger partial charge in [0.05, 0.1) is 5.92 Å². The Labute approximate surface area is 134 Å². The Morgan fingerprint density at radius 1 is 1.18 bits per heavy atom. The fraction of sp³-hybridized carbons (Fsp3) is 0.882. The quantitative estimate of drug-likeness (QED) is 0.758. The predicted octanol–water partition coefficient (Wildman–Crippen LogP) is 1.66. The van der Waals surface area contributed by atoms with Crippen LogP contribution in [0.2, 0.25) is 0 Å². The lowest BCUT2D eigenvalue weighted by molar-refractivity contribution is -0.140. The van der Waals surface area contributed by atoms with Crippen molar-refractivity contribution in [1.29, 1.82) is 0 Å². The van der Waals surface area contributed by atoms with E-state index < -0.39 is 0 Å². The largest absolute Gasteiger partial charge is 0.356 e.